The summed E-state index contributed by atoms with van der Waals surface area (Å²) in [5, 5.41) is 3.69. The lowest BCUT2D eigenvalue weighted by Gasteiger charge is -2.27. The van der Waals surface area contributed by atoms with Crippen molar-refractivity contribution in [1.82, 2.24) is 5.32 Å². The van der Waals surface area contributed by atoms with Gasteiger partial charge in [-0.3, -0.25) is 4.79 Å². The van der Waals surface area contributed by atoms with Gasteiger partial charge in [-0.25, -0.2) is 0 Å². The van der Waals surface area contributed by atoms with Crippen LogP contribution < -0.4 is 11.1 Å². The Balaban J connectivity index is 1.93. The Hall–Kier alpha value is -0.570. The predicted octanol–water partition coefficient (Wildman–Crippen LogP) is 1.95. The van der Waals surface area contributed by atoms with Crippen LogP contribution in [0.4, 0.5) is 0 Å². The molecule has 0 radical (unpaired) electrons. The van der Waals surface area contributed by atoms with E-state index >= 15 is 0 Å². The molecule has 2 fully saturated rings. The Morgan fingerprint density at radius 1 is 0.938 bits per heavy atom. The second kappa shape index (κ2) is 5.67. The molecule has 2 atom stereocenters. The highest BCUT2D eigenvalue weighted by atomic mass is 16.1. The molecule has 3 N–H and O–H groups in total. The van der Waals surface area contributed by atoms with Crippen molar-refractivity contribution in [3.63, 3.8) is 0 Å². The summed E-state index contributed by atoms with van der Waals surface area (Å²) in [7, 11) is 0. The van der Waals surface area contributed by atoms with E-state index < -0.39 is 0 Å². The minimum atomic E-state index is -0.0996. The number of carbonyl (C=O) groups is 1. The molecule has 2 aliphatic rings. The molecule has 1 amide bonds. The lowest BCUT2D eigenvalue weighted by atomic mass is 9.93. The Kier molecular flexibility index (Phi) is 4.22. The Bertz CT molecular complexity index is 236. The molecule has 0 heterocycles. The first-order valence-corrected chi connectivity index (χ1v) is 6.83. The number of nitrogens with one attached hydrogen (secondary N) is 1. The maximum Gasteiger partial charge on any atom is 0.222 e. The zero-order valence-corrected chi connectivity index (χ0v) is 10.1. The molecular weight excluding hydrogens is 200 g/mol. The number of hydrogen-bond acceptors (Lipinski definition) is 2. The number of hydrogen-bond donors (Lipinski definition) is 2. The van der Waals surface area contributed by atoms with Crippen molar-refractivity contribution < 1.29 is 4.79 Å². The van der Waals surface area contributed by atoms with Crippen LogP contribution in [0, 0.1) is 5.92 Å². The van der Waals surface area contributed by atoms with Crippen LogP contribution in [-0.4, -0.2) is 18.0 Å². The van der Waals surface area contributed by atoms with Gasteiger partial charge in [-0.05, 0) is 25.7 Å². The molecule has 3 heteroatoms. The molecule has 3 nitrogen and oxygen atoms in total. The summed E-state index contributed by atoms with van der Waals surface area (Å²) >= 11 is 0. The molecule has 16 heavy (non-hydrogen) atoms. The van der Waals surface area contributed by atoms with Gasteiger partial charge in [0.05, 0.1) is 5.92 Å². The number of nitrogens with two attached hydrogens (primary N) is 1. The van der Waals surface area contributed by atoms with Gasteiger partial charge in [0.1, 0.15) is 0 Å². The number of rotatable bonds is 3. The van der Waals surface area contributed by atoms with Gasteiger partial charge in [0.2, 0.25) is 5.91 Å². The minimum absolute atomic E-state index is 0.0723. The highest BCUT2D eigenvalue weighted by Gasteiger charge is 2.30. The normalized spacial score (nSPS) is 32.5. The van der Waals surface area contributed by atoms with E-state index in [-0.39, 0.29) is 11.8 Å². The van der Waals surface area contributed by atoms with E-state index in [4.69, 9.17) is 5.73 Å². The van der Waals surface area contributed by atoms with Gasteiger partial charge in [-0.1, -0.05) is 32.1 Å². The van der Waals surface area contributed by atoms with Gasteiger partial charge in [-0.2, -0.15) is 0 Å². The van der Waals surface area contributed by atoms with Crippen molar-refractivity contribution in [3.8, 4) is 0 Å². The van der Waals surface area contributed by atoms with Crippen LogP contribution in [0.2, 0.25) is 0 Å². The van der Waals surface area contributed by atoms with Gasteiger partial charge in [0, 0.05) is 12.1 Å². The third-order valence-electron chi connectivity index (χ3n) is 4.19. The van der Waals surface area contributed by atoms with Crippen LogP contribution in [0.15, 0.2) is 0 Å². The molecule has 2 rings (SSSR count). The van der Waals surface area contributed by atoms with E-state index in [1.54, 1.807) is 0 Å². The molecule has 0 saturated heterocycles. The van der Waals surface area contributed by atoms with Crippen LogP contribution in [0.25, 0.3) is 0 Å². The molecule has 2 unspecified atom stereocenters. The van der Waals surface area contributed by atoms with E-state index in [1.807, 2.05) is 0 Å². The first-order chi connectivity index (χ1) is 7.77. The smallest absolute Gasteiger partial charge is 0.222 e. The third-order valence-corrected chi connectivity index (χ3v) is 4.19. The maximum absolute atomic E-state index is 11.5. The van der Waals surface area contributed by atoms with Crippen LogP contribution in [0.1, 0.15) is 57.8 Å². The topological polar surface area (TPSA) is 55.1 Å². The number of carbonyl (C=O) groups excluding carboxylic acids is 1. The van der Waals surface area contributed by atoms with Gasteiger partial charge < -0.3 is 11.1 Å². The van der Waals surface area contributed by atoms with E-state index in [1.165, 1.54) is 38.5 Å². The van der Waals surface area contributed by atoms with Crippen LogP contribution in [-0.2, 0) is 4.79 Å². The quantitative estimate of drug-likeness (QED) is 0.720. The second-order valence-electron chi connectivity index (χ2n) is 5.40. The lowest BCUT2D eigenvalue weighted by Crippen LogP contribution is -2.45. The zero-order valence-electron chi connectivity index (χ0n) is 10.1. The molecular formula is C13H24N2O. The van der Waals surface area contributed by atoms with Crippen molar-refractivity contribution in [2.24, 2.45) is 11.7 Å². The average molecular weight is 224 g/mol. The monoisotopic (exact) mass is 224 g/mol. The fourth-order valence-electron chi connectivity index (χ4n) is 3.24. The fourth-order valence-corrected chi connectivity index (χ4v) is 3.24. The highest BCUT2D eigenvalue weighted by Crippen LogP contribution is 2.26. The average Bonchev–Trinajstić information content (AvgIpc) is 2.63. The molecule has 0 aromatic rings. The first-order valence-electron chi connectivity index (χ1n) is 6.83. The largest absolute Gasteiger partial charge is 0.369 e. The molecule has 92 valence electrons. The Labute approximate surface area is 98.2 Å². The fraction of sp³-hybridized carbons (Fsp3) is 0.923. The molecule has 0 bridgehead atoms. The third kappa shape index (κ3) is 2.97. The molecule has 0 aromatic carbocycles. The summed E-state index contributed by atoms with van der Waals surface area (Å²) in [6.45, 7) is 0. The van der Waals surface area contributed by atoms with Gasteiger partial charge in [0.15, 0.2) is 0 Å². The lowest BCUT2D eigenvalue weighted by molar-refractivity contribution is -0.122. The van der Waals surface area contributed by atoms with Crippen molar-refractivity contribution in [2.45, 2.75) is 69.9 Å². The molecule has 0 spiro atoms. The Morgan fingerprint density at radius 2 is 1.56 bits per heavy atom. The number of amides is 1. The molecule has 2 saturated carbocycles. The molecule has 0 aliphatic heterocycles. The van der Waals surface area contributed by atoms with Crippen molar-refractivity contribution >= 4 is 5.91 Å². The van der Waals surface area contributed by atoms with E-state index in [0.29, 0.717) is 12.1 Å². The van der Waals surface area contributed by atoms with Crippen molar-refractivity contribution in [2.75, 3.05) is 0 Å². The van der Waals surface area contributed by atoms with Crippen molar-refractivity contribution in [1.29, 1.82) is 0 Å². The van der Waals surface area contributed by atoms with E-state index in [0.717, 1.165) is 19.3 Å². The van der Waals surface area contributed by atoms with Gasteiger partial charge >= 0.3 is 0 Å². The predicted molar refractivity (Wildman–Crippen MR) is 64.9 cm³/mol. The summed E-state index contributed by atoms with van der Waals surface area (Å²) in [5.41, 5.74) is 5.52. The summed E-state index contributed by atoms with van der Waals surface area (Å²) < 4.78 is 0. The number of primary amides is 1. The van der Waals surface area contributed by atoms with E-state index in [9.17, 15) is 4.79 Å². The van der Waals surface area contributed by atoms with Crippen LogP contribution in [0.5, 0.6) is 0 Å². The highest BCUT2D eigenvalue weighted by molar-refractivity contribution is 5.77. The Morgan fingerprint density at radius 3 is 2.25 bits per heavy atom. The second-order valence-corrected chi connectivity index (χ2v) is 5.40. The summed E-state index contributed by atoms with van der Waals surface area (Å²) in [4.78, 5) is 11.5. The van der Waals surface area contributed by atoms with Gasteiger partial charge in [0.25, 0.3) is 0 Å². The summed E-state index contributed by atoms with van der Waals surface area (Å²) in [6, 6.07) is 0.994. The maximum atomic E-state index is 11.5. The summed E-state index contributed by atoms with van der Waals surface area (Å²) in [6.07, 6.45) is 11.0. The molecule has 0 aromatic heterocycles. The standard InChI is InChI=1S/C13H24N2O/c14-13(16)11-8-2-1-3-9-12(11)15-10-6-4-5-7-10/h10-12,15H,1-9H2,(H2,14,16). The van der Waals surface area contributed by atoms with Crippen molar-refractivity contribution in [3.05, 3.63) is 0 Å². The molecule has 2 aliphatic carbocycles. The minimum Gasteiger partial charge on any atom is -0.369 e. The van der Waals surface area contributed by atoms with Gasteiger partial charge in [-0.15, -0.1) is 0 Å². The zero-order chi connectivity index (χ0) is 11.4. The van der Waals surface area contributed by atoms with E-state index in [2.05, 4.69) is 5.32 Å². The van der Waals surface area contributed by atoms with Crippen LogP contribution >= 0.6 is 0 Å². The summed E-state index contributed by atoms with van der Waals surface area (Å²) in [5.74, 6) is -0.0273. The SMILES string of the molecule is NC(=O)C1CCCCCC1NC1CCCC1. The van der Waals surface area contributed by atoms with Crippen LogP contribution in [0.3, 0.4) is 0 Å². The first kappa shape index (κ1) is 11.9.